The number of rotatable bonds is 4. The zero-order chi connectivity index (χ0) is 9.89. The molecule has 0 aromatic rings. The third-order valence-electron chi connectivity index (χ3n) is 1.40. The summed E-state index contributed by atoms with van der Waals surface area (Å²) in [5.74, 6) is -4.25. The number of aliphatic hydroxyl groups excluding tert-OH is 1. The molecule has 2 unspecified atom stereocenters. The molecule has 5 heteroatoms. The van der Waals surface area contributed by atoms with E-state index in [2.05, 4.69) is 6.58 Å². The van der Waals surface area contributed by atoms with Crippen molar-refractivity contribution in [2.75, 3.05) is 0 Å². The highest BCUT2D eigenvalue weighted by Gasteiger charge is 2.29. The highest BCUT2D eigenvalue weighted by atomic mass is 16.4. The molecule has 0 fully saturated rings. The fraction of sp³-hybridized carbons (Fsp3) is 0.429. The van der Waals surface area contributed by atoms with Crippen LogP contribution in [0.25, 0.3) is 0 Å². The van der Waals surface area contributed by atoms with Gasteiger partial charge in [0.1, 0.15) is 5.92 Å². The Bertz CT molecular complexity index is 218. The van der Waals surface area contributed by atoms with Gasteiger partial charge < -0.3 is 15.3 Å². The van der Waals surface area contributed by atoms with Crippen LogP contribution < -0.4 is 0 Å². The molecule has 0 rings (SSSR count). The number of carboxylic acid groups (broad SMARTS) is 2. The molecule has 0 radical (unpaired) electrons. The Balaban J connectivity index is 4.64. The Morgan fingerprint density at radius 2 is 1.75 bits per heavy atom. The van der Waals surface area contributed by atoms with Gasteiger partial charge in [0.05, 0.1) is 6.10 Å². The van der Waals surface area contributed by atoms with Crippen LogP contribution in [0.2, 0.25) is 0 Å². The quantitative estimate of drug-likeness (QED) is 0.509. The van der Waals surface area contributed by atoms with Crippen molar-refractivity contribution in [1.29, 1.82) is 0 Å². The van der Waals surface area contributed by atoms with Crippen molar-refractivity contribution in [3.8, 4) is 0 Å². The molecule has 0 heterocycles. The van der Waals surface area contributed by atoms with Gasteiger partial charge in [-0.1, -0.05) is 6.58 Å². The summed E-state index contributed by atoms with van der Waals surface area (Å²) in [6.07, 6.45) is -1.26. The average molecular weight is 174 g/mol. The van der Waals surface area contributed by atoms with Gasteiger partial charge in [0.15, 0.2) is 0 Å². The summed E-state index contributed by atoms with van der Waals surface area (Å²) in [5, 5.41) is 25.8. The minimum absolute atomic E-state index is 0.516. The second kappa shape index (κ2) is 3.87. The summed E-state index contributed by atoms with van der Waals surface area (Å²) in [4.78, 5) is 20.7. The Kier molecular flexibility index (Phi) is 3.43. The first-order chi connectivity index (χ1) is 5.37. The molecule has 0 aliphatic heterocycles. The van der Waals surface area contributed by atoms with E-state index in [1.165, 1.54) is 6.92 Å². The lowest BCUT2D eigenvalue weighted by Gasteiger charge is -2.14. The molecule has 12 heavy (non-hydrogen) atoms. The molecule has 68 valence electrons. The van der Waals surface area contributed by atoms with Gasteiger partial charge in [0.25, 0.3) is 0 Å². The van der Waals surface area contributed by atoms with Crippen molar-refractivity contribution in [2.24, 2.45) is 5.92 Å². The molecule has 0 aliphatic rings. The van der Waals surface area contributed by atoms with Gasteiger partial charge in [-0.25, -0.2) is 4.79 Å². The lowest BCUT2D eigenvalue weighted by Crippen LogP contribution is -2.30. The highest BCUT2D eigenvalue weighted by Crippen LogP contribution is 2.14. The van der Waals surface area contributed by atoms with E-state index in [0.29, 0.717) is 0 Å². The molecule has 0 aromatic heterocycles. The van der Waals surface area contributed by atoms with Gasteiger partial charge in [-0.05, 0) is 6.92 Å². The molecular formula is C7H10O5. The number of carbonyl (C=O) groups is 2. The maximum absolute atomic E-state index is 10.4. The molecule has 0 bridgehead atoms. The molecular weight excluding hydrogens is 164 g/mol. The zero-order valence-electron chi connectivity index (χ0n) is 6.52. The fourth-order valence-corrected chi connectivity index (χ4v) is 0.780. The van der Waals surface area contributed by atoms with Gasteiger partial charge in [-0.2, -0.15) is 0 Å². The Morgan fingerprint density at radius 3 is 1.83 bits per heavy atom. The molecule has 0 aromatic carbocycles. The Morgan fingerprint density at radius 1 is 1.33 bits per heavy atom. The van der Waals surface area contributed by atoms with E-state index in [-0.39, 0.29) is 0 Å². The van der Waals surface area contributed by atoms with E-state index in [9.17, 15) is 9.59 Å². The Hall–Kier alpha value is -1.36. The summed E-state index contributed by atoms with van der Waals surface area (Å²) >= 11 is 0. The van der Waals surface area contributed by atoms with Crippen LogP contribution in [0.1, 0.15) is 6.92 Å². The molecule has 0 saturated carbocycles. The van der Waals surface area contributed by atoms with E-state index in [1.54, 1.807) is 0 Å². The number of hydrogen-bond acceptors (Lipinski definition) is 3. The van der Waals surface area contributed by atoms with Crippen molar-refractivity contribution < 1.29 is 24.9 Å². The highest BCUT2D eigenvalue weighted by molar-refractivity contribution is 5.93. The van der Waals surface area contributed by atoms with Crippen LogP contribution in [-0.4, -0.2) is 33.4 Å². The van der Waals surface area contributed by atoms with Crippen LogP contribution in [0.5, 0.6) is 0 Å². The van der Waals surface area contributed by atoms with E-state index < -0.39 is 29.5 Å². The second-order valence-corrected chi connectivity index (χ2v) is 2.39. The van der Waals surface area contributed by atoms with Crippen LogP contribution in [0.15, 0.2) is 12.2 Å². The summed E-state index contributed by atoms with van der Waals surface area (Å²) in [7, 11) is 0. The van der Waals surface area contributed by atoms with Crippen LogP contribution in [-0.2, 0) is 9.59 Å². The maximum Gasteiger partial charge on any atom is 0.331 e. The first-order valence-corrected chi connectivity index (χ1v) is 3.21. The third-order valence-corrected chi connectivity index (χ3v) is 1.40. The normalized spacial score (nSPS) is 14.8. The standard InChI is InChI=1S/C7H10O5/c1-3(6(9)10)5(4(2)8)7(11)12/h4-5,8H,1H2,2H3,(H,9,10)(H,11,12). The van der Waals surface area contributed by atoms with Gasteiger partial charge in [0.2, 0.25) is 0 Å². The summed E-state index contributed by atoms with van der Waals surface area (Å²) in [6.45, 7) is 4.26. The van der Waals surface area contributed by atoms with Crippen LogP contribution in [0.4, 0.5) is 0 Å². The van der Waals surface area contributed by atoms with E-state index >= 15 is 0 Å². The van der Waals surface area contributed by atoms with Crippen molar-refractivity contribution in [2.45, 2.75) is 13.0 Å². The number of aliphatic hydroxyl groups is 1. The lowest BCUT2D eigenvalue weighted by molar-refractivity contribution is -0.146. The van der Waals surface area contributed by atoms with Crippen molar-refractivity contribution in [3.05, 3.63) is 12.2 Å². The average Bonchev–Trinajstić information content (AvgIpc) is 1.85. The van der Waals surface area contributed by atoms with E-state index in [1.807, 2.05) is 0 Å². The van der Waals surface area contributed by atoms with Gasteiger partial charge in [0, 0.05) is 5.57 Å². The molecule has 2 atom stereocenters. The van der Waals surface area contributed by atoms with Gasteiger partial charge in [-0.15, -0.1) is 0 Å². The number of aliphatic carboxylic acids is 2. The van der Waals surface area contributed by atoms with E-state index in [0.717, 1.165) is 0 Å². The minimum Gasteiger partial charge on any atom is -0.481 e. The third kappa shape index (κ3) is 2.35. The monoisotopic (exact) mass is 174 g/mol. The fourth-order valence-electron chi connectivity index (χ4n) is 0.780. The molecule has 0 saturated heterocycles. The smallest absolute Gasteiger partial charge is 0.331 e. The van der Waals surface area contributed by atoms with E-state index in [4.69, 9.17) is 15.3 Å². The minimum atomic E-state index is -1.44. The predicted molar refractivity (Wildman–Crippen MR) is 39.6 cm³/mol. The Labute approximate surface area is 68.9 Å². The first kappa shape index (κ1) is 10.6. The molecule has 0 amide bonds. The first-order valence-electron chi connectivity index (χ1n) is 3.21. The van der Waals surface area contributed by atoms with Gasteiger partial charge in [-0.3, -0.25) is 4.79 Å². The number of hydrogen-bond donors (Lipinski definition) is 3. The van der Waals surface area contributed by atoms with Crippen molar-refractivity contribution in [3.63, 3.8) is 0 Å². The predicted octanol–water partition coefficient (Wildman–Crippen LogP) is -0.291. The lowest BCUT2D eigenvalue weighted by atomic mass is 9.96. The van der Waals surface area contributed by atoms with Crippen molar-refractivity contribution >= 4 is 11.9 Å². The van der Waals surface area contributed by atoms with Gasteiger partial charge >= 0.3 is 11.9 Å². The second-order valence-electron chi connectivity index (χ2n) is 2.39. The zero-order valence-corrected chi connectivity index (χ0v) is 6.52. The molecule has 3 N–H and O–H groups in total. The maximum atomic E-state index is 10.4. The summed E-state index contributed by atoms with van der Waals surface area (Å²) < 4.78 is 0. The number of carboxylic acids is 2. The van der Waals surface area contributed by atoms with Crippen molar-refractivity contribution in [1.82, 2.24) is 0 Å². The van der Waals surface area contributed by atoms with Crippen LogP contribution >= 0.6 is 0 Å². The van der Waals surface area contributed by atoms with Crippen LogP contribution in [0.3, 0.4) is 0 Å². The molecule has 0 spiro atoms. The largest absolute Gasteiger partial charge is 0.481 e. The molecule has 5 nitrogen and oxygen atoms in total. The van der Waals surface area contributed by atoms with Crippen LogP contribution in [0, 0.1) is 5.92 Å². The SMILES string of the molecule is C=C(C(=O)O)C(C(=O)O)C(C)O. The topological polar surface area (TPSA) is 94.8 Å². The molecule has 0 aliphatic carbocycles. The summed E-state index contributed by atoms with van der Waals surface area (Å²) in [5.41, 5.74) is -0.516. The summed E-state index contributed by atoms with van der Waals surface area (Å²) in [6, 6.07) is 0.